The van der Waals surface area contributed by atoms with E-state index in [0.717, 1.165) is 30.1 Å². The van der Waals surface area contributed by atoms with Crippen molar-refractivity contribution in [3.05, 3.63) is 35.4 Å². The second kappa shape index (κ2) is 12.5. The van der Waals surface area contributed by atoms with E-state index < -0.39 is 0 Å². The molecule has 1 heterocycles. The van der Waals surface area contributed by atoms with Gasteiger partial charge in [-0.05, 0) is 56.8 Å². The standard InChI is InChI=1S/C23H39N5O/c1-5-7-15-28-16-12-21(13-17-28)26-23(24-6-2)25-14-11-19-9-8-10-20(18-19)22(29)27(3)4/h8-10,18,21H,5-7,11-17H2,1-4H3,(H2,24,25,26). The summed E-state index contributed by atoms with van der Waals surface area (Å²) in [7, 11) is 3.56. The van der Waals surface area contributed by atoms with Crippen LogP contribution < -0.4 is 10.6 Å². The summed E-state index contributed by atoms with van der Waals surface area (Å²) in [5.41, 5.74) is 1.87. The molecule has 1 amide bonds. The van der Waals surface area contributed by atoms with Crippen molar-refractivity contribution in [2.24, 2.45) is 4.99 Å². The molecule has 0 aliphatic carbocycles. The molecule has 0 spiro atoms. The number of unbranched alkanes of at least 4 members (excludes halogenated alkanes) is 1. The zero-order valence-corrected chi connectivity index (χ0v) is 18.7. The highest BCUT2D eigenvalue weighted by Crippen LogP contribution is 2.11. The molecular formula is C23H39N5O. The first-order valence-electron chi connectivity index (χ1n) is 11.1. The normalized spacial score (nSPS) is 15.9. The van der Waals surface area contributed by atoms with Gasteiger partial charge in [-0.1, -0.05) is 25.5 Å². The molecule has 1 aliphatic heterocycles. The Morgan fingerprint density at radius 1 is 1.24 bits per heavy atom. The van der Waals surface area contributed by atoms with Crippen LogP contribution in [0, 0.1) is 0 Å². The van der Waals surface area contributed by atoms with Gasteiger partial charge in [0, 0.05) is 51.9 Å². The summed E-state index contributed by atoms with van der Waals surface area (Å²) < 4.78 is 0. The molecule has 6 nitrogen and oxygen atoms in total. The van der Waals surface area contributed by atoms with E-state index >= 15 is 0 Å². The first kappa shape index (κ1) is 23.2. The lowest BCUT2D eigenvalue weighted by Crippen LogP contribution is -2.48. The lowest BCUT2D eigenvalue weighted by molar-refractivity contribution is 0.0827. The van der Waals surface area contributed by atoms with Gasteiger partial charge in [-0.3, -0.25) is 9.79 Å². The number of carbonyl (C=O) groups excluding carboxylic acids is 1. The predicted octanol–water partition coefficient (Wildman–Crippen LogP) is 2.75. The maximum atomic E-state index is 12.1. The molecule has 1 aromatic carbocycles. The number of nitrogens with zero attached hydrogens (tertiary/aromatic N) is 3. The van der Waals surface area contributed by atoms with E-state index in [2.05, 4.69) is 35.4 Å². The van der Waals surface area contributed by atoms with E-state index in [0.29, 0.717) is 12.6 Å². The summed E-state index contributed by atoms with van der Waals surface area (Å²) in [5, 5.41) is 6.99. The molecule has 2 rings (SSSR count). The van der Waals surface area contributed by atoms with Gasteiger partial charge < -0.3 is 20.4 Å². The molecule has 1 saturated heterocycles. The third kappa shape index (κ3) is 8.05. The zero-order valence-electron chi connectivity index (χ0n) is 18.7. The molecular weight excluding hydrogens is 362 g/mol. The highest BCUT2D eigenvalue weighted by molar-refractivity contribution is 5.94. The van der Waals surface area contributed by atoms with Crippen molar-refractivity contribution in [1.29, 1.82) is 0 Å². The van der Waals surface area contributed by atoms with Gasteiger partial charge in [0.05, 0.1) is 0 Å². The van der Waals surface area contributed by atoms with E-state index in [4.69, 9.17) is 4.99 Å². The lowest BCUT2D eigenvalue weighted by Gasteiger charge is -2.33. The van der Waals surface area contributed by atoms with Gasteiger partial charge in [-0.2, -0.15) is 0 Å². The van der Waals surface area contributed by atoms with Crippen LogP contribution in [-0.2, 0) is 6.42 Å². The number of benzene rings is 1. The van der Waals surface area contributed by atoms with Crippen molar-refractivity contribution < 1.29 is 4.79 Å². The largest absolute Gasteiger partial charge is 0.357 e. The van der Waals surface area contributed by atoms with Gasteiger partial charge in [0.1, 0.15) is 0 Å². The average molecular weight is 402 g/mol. The number of rotatable bonds is 9. The van der Waals surface area contributed by atoms with Crippen LogP contribution in [0.5, 0.6) is 0 Å². The highest BCUT2D eigenvalue weighted by atomic mass is 16.2. The Morgan fingerprint density at radius 3 is 2.66 bits per heavy atom. The molecule has 0 unspecified atom stereocenters. The monoisotopic (exact) mass is 401 g/mol. The molecule has 0 radical (unpaired) electrons. The maximum Gasteiger partial charge on any atom is 0.253 e. The molecule has 0 aromatic heterocycles. The van der Waals surface area contributed by atoms with E-state index in [1.54, 1.807) is 19.0 Å². The number of hydrogen-bond donors (Lipinski definition) is 2. The Hall–Kier alpha value is -2.08. The van der Waals surface area contributed by atoms with Gasteiger partial charge >= 0.3 is 0 Å². The van der Waals surface area contributed by atoms with Crippen molar-refractivity contribution in [3.63, 3.8) is 0 Å². The maximum absolute atomic E-state index is 12.1. The Bertz CT molecular complexity index is 650. The lowest BCUT2D eigenvalue weighted by atomic mass is 10.0. The molecule has 1 fully saturated rings. The number of nitrogens with one attached hydrogen (secondary N) is 2. The van der Waals surface area contributed by atoms with Crippen LogP contribution in [-0.4, -0.2) is 74.5 Å². The summed E-state index contributed by atoms with van der Waals surface area (Å²) in [6.07, 6.45) is 5.72. The van der Waals surface area contributed by atoms with Gasteiger partial charge in [0.2, 0.25) is 0 Å². The summed E-state index contributed by atoms with van der Waals surface area (Å²) in [4.78, 5) is 21.1. The fourth-order valence-corrected chi connectivity index (χ4v) is 3.61. The van der Waals surface area contributed by atoms with E-state index in [1.807, 2.05) is 18.2 Å². The summed E-state index contributed by atoms with van der Waals surface area (Å²) in [6, 6.07) is 8.35. The van der Waals surface area contributed by atoms with Gasteiger partial charge in [-0.15, -0.1) is 0 Å². The number of amides is 1. The van der Waals surface area contributed by atoms with Crippen molar-refractivity contribution in [1.82, 2.24) is 20.4 Å². The molecule has 1 aliphatic rings. The smallest absolute Gasteiger partial charge is 0.253 e. The van der Waals surface area contributed by atoms with Crippen molar-refractivity contribution >= 4 is 11.9 Å². The molecule has 2 N–H and O–H groups in total. The minimum atomic E-state index is 0.0376. The van der Waals surface area contributed by atoms with Gasteiger partial charge in [0.15, 0.2) is 5.96 Å². The van der Waals surface area contributed by atoms with Crippen LogP contribution in [0.3, 0.4) is 0 Å². The quantitative estimate of drug-likeness (QED) is 0.493. The van der Waals surface area contributed by atoms with Crippen molar-refractivity contribution in [3.8, 4) is 0 Å². The SMILES string of the molecule is CCCCN1CCC(NC(=NCCc2cccc(C(=O)N(C)C)c2)NCC)CC1. The second-order valence-electron chi connectivity index (χ2n) is 8.02. The van der Waals surface area contributed by atoms with E-state index in [1.165, 1.54) is 45.3 Å². The Balaban J connectivity index is 1.85. The third-order valence-corrected chi connectivity index (χ3v) is 5.35. The minimum absolute atomic E-state index is 0.0376. The number of hydrogen-bond acceptors (Lipinski definition) is 3. The Kier molecular flexibility index (Phi) is 9.98. The first-order chi connectivity index (χ1) is 14.0. The number of likely N-dealkylation sites (tertiary alicyclic amines) is 1. The number of carbonyl (C=O) groups is 1. The number of piperidine rings is 1. The zero-order chi connectivity index (χ0) is 21.1. The van der Waals surface area contributed by atoms with Crippen LogP contribution in [0.4, 0.5) is 0 Å². The fraction of sp³-hybridized carbons (Fsp3) is 0.652. The van der Waals surface area contributed by atoms with E-state index in [9.17, 15) is 4.79 Å². The minimum Gasteiger partial charge on any atom is -0.357 e. The summed E-state index contributed by atoms with van der Waals surface area (Å²) >= 11 is 0. The topological polar surface area (TPSA) is 60.0 Å². The van der Waals surface area contributed by atoms with Gasteiger partial charge in [-0.25, -0.2) is 0 Å². The Labute approximate surface area is 176 Å². The second-order valence-corrected chi connectivity index (χ2v) is 8.02. The average Bonchev–Trinajstić information content (AvgIpc) is 2.73. The van der Waals surface area contributed by atoms with Crippen LogP contribution in [0.1, 0.15) is 55.5 Å². The molecule has 6 heteroatoms. The Morgan fingerprint density at radius 2 is 2.00 bits per heavy atom. The van der Waals surface area contributed by atoms with Crippen LogP contribution in [0.25, 0.3) is 0 Å². The number of aliphatic imine (C=N–C) groups is 1. The molecule has 1 aromatic rings. The fourth-order valence-electron chi connectivity index (χ4n) is 3.61. The van der Waals surface area contributed by atoms with Crippen LogP contribution in [0.15, 0.2) is 29.3 Å². The predicted molar refractivity (Wildman–Crippen MR) is 122 cm³/mol. The van der Waals surface area contributed by atoms with Crippen LogP contribution >= 0.6 is 0 Å². The molecule has 162 valence electrons. The highest BCUT2D eigenvalue weighted by Gasteiger charge is 2.19. The van der Waals surface area contributed by atoms with E-state index in [-0.39, 0.29) is 5.91 Å². The molecule has 0 saturated carbocycles. The molecule has 0 bridgehead atoms. The molecule has 0 atom stereocenters. The third-order valence-electron chi connectivity index (χ3n) is 5.35. The summed E-state index contributed by atoms with van der Waals surface area (Å²) in [5.74, 6) is 0.940. The summed E-state index contributed by atoms with van der Waals surface area (Å²) in [6.45, 7) is 9.48. The van der Waals surface area contributed by atoms with Crippen LogP contribution in [0.2, 0.25) is 0 Å². The molecule has 29 heavy (non-hydrogen) atoms. The first-order valence-corrected chi connectivity index (χ1v) is 11.1. The van der Waals surface area contributed by atoms with Crippen molar-refractivity contribution in [2.45, 2.75) is 52.0 Å². The van der Waals surface area contributed by atoms with Gasteiger partial charge in [0.25, 0.3) is 5.91 Å². The number of guanidine groups is 1. The van der Waals surface area contributed by atoms with Crippen molar-refractivity contribution in [2.75, 3.05) is 46.8 Å².